The molecule has 5 heteroatoms. The molecule has 0 radical (unpaired) electrons. The molecule has 2 N–H and O–H groups in total. The highest BCUT2D eigenvalue weighted by Crippen LogP contribution is 2.26. The maximum Gasteiger partial charge on any atom is 0.488 e. The number of hydrogen-bond donors (Lipinski definition) is 2. The van der Waals surface area contributed by atoms with Gasteiger partial charge in [0.05, 0.1) is 0 Å². The largest absolute Gasteiger partial charge is 0.488 e. The number of rotatable bonds is 4. The summed E-state index contributed by atoms with van der Waals surface area (Å²) in [5.41, 5.74) is 2.46. The van der Waals surface area contributed by atoms with Crippen molar-refractivity contribution in [1.29, 1.82) is 0 Å². The van der Waals surface area contributed by atoms with Crippen LogP contribution in [0.25, 0.3) is 0 Å². The molecule has 2 aromatic rings. The Labute approximate surface area is 121 Å². The van der Waals surface area contributed by atoms with Crippen molar-refractivity contribution in [2.75, 3.05) is 7.11 Å². The van der Waals surface area contributed by atoms with Gasteiger partial charge in [-0.15, -0.1) is 0 Å². The second-order valence-corrected chi connectivity index (χ2v) is 5.13. The molecule has 0 amide bonds. The average molecular weight is 321 g/mol. The first kappa shape index (κ1) is 14.3. The molecule has 2 rings (SSSR count). The minimum absolute atomic E-state index is 0.178. The first-order chi connectivity index (χ1) is 9.11. The van der Waals surface area contributed by atoms with E-state index in [1.807, 2.05) is 36.4 Å². The van der Waals surface area contributed by atoms with Crippen LogP contribution in [0.15, 0.2) is 53.0 Å². The Balaban J connectivity index is 2.31. The summed E-state index contributed by atoms with van der Waals surface area (Å²) in [6, 6.07) is 15.0. The maximum absolute atomic E-state index is 9.08. The molecule has 0 aromatic heterocycles. The molecule has 0 saturated carbocycles. The van der Waals surface area contributed by atoms with E-state index in [1.165, 1.54) is 0 Å². The van der Waals surface area contributed by atoms with Crippen LogP contribution in [-0.4, -0.2) is 24.3 Å². The first-order valence-electron chi connectivity index (χ1n) is 5.86. The van der Waals surface area contributed by atoms with Gasteiger partial charge in [0.2, 0.25) is 0 Å². The van der Waals surface area contributed by atoms with Crippen molar-refractivity contribution in [3.05, 3.63) is 64.1 Å². The van der Waals surface area contributed by atoms with Crippen LogP contribution in [0.5, 0.6) is 0 Å². The normalized spacial score (nSPS) is 12.2. The molecule has 98 valence electrons. The molecule has 3 nitrogen and oxygen atoms in total. The summed E-state index contributed by atoms with van der Waals surface area (Å²) in [6.45, 7) is 0. The van der Waals surface area contributed by atoms with Gasteiger partial charge in [-0.1, -0.05) is 52.3 Å². The van der Waals surface area contributed by atoms with Crippen LogP contribution in [0.2, 0.25) is 0 Å². The molecule has 1 unspecified atom stereocenters. The van der Waals surface area contributed by atoms with Gasteiger partial charge < -0.3 is 14.8 Å². The summed E-state index contributed by atoms with van der Waals surface area (Å²) in [6.07, 6.45) is -0.178. The number of halogens is 1. The van der Waals surface area contributed by atoms with Crippen molar-refractivity contribution in [1.82, 2.24) is 0 Å². The van der Waals surface area contributed by atoms with Gasteiger partial charge in [-0.05, 0) is 28.7 Å². The van der Waals surface area contributed by atoms with Crippen molar-refractivity contribution in [2.45, 2.75) is 6.10 Å². The van der Waals surface area contributed by atoms with Gasteiger partial charge >= 0.3 is 7.12 Å². The van der Waals surface area contributed by atoms with Crippen molar-refractivity contribution in [3.63, 3.8) is 0 Å². The fraction of sp³-hybridized carbons (Fsp3) is 0.143. The zero-order chi connectivity index (χ0) is 13.8. The lowest BCUT2D eigenvalue weighted by atomic mass is 9.80. The molecule has 0 aliphatic carbocycles. The van der Waals surface area contributed by atoms with Crippen molar-refractivity contribution in [2.24, 2.45) is 0 Å². The van der Waals surface area contributed by atoms with Crippen LogP contribution in [0.3, 0.4) is 0 Å². The summed E-state index contributed by atoms with van der Waals surface area (Å²) >= 11 is 3.44. The van der Waals surface area contributed by atoms with Crippen LogP contribution in [0, 0.1) is 0 Å². The summed E-state index contributed by atoms with van der Waals surface area (Å²) in [4.78, 5) is 0. The quantitative estimate of drug-likeness (QED) is 0.846. The molecule has 0 fully saturated rings. The zero-order valence-electron chi connectivity index (χ0n) is 10.5. The molecule has 0 heterocycles. The zero-order valence-corrected chi connectivity index (χ0v) is 12.0. The van der Waals surface area contributed by atoms with Crippen LogP contribution in [0.1, 0.15) is 17.2 Å². The molecular formula is C14H14BBrO3. The lowest BCUT2D eigenvalue weighted by molar-refractivity contribution is 0.136. The third kappa shape index (κ3) is 3.45. The highest BCUT2D eigenvalue weighted by Gasteiger charge is 2.15. The standard InChI is InChI=1S/C14H14BBrO3/c1-19-14(11-3-2-4-13(16)9-11)10-5-7-12(8-6-10)15(17)18/h2-9,14,17-18H,1H3. The third-order valence-electron chi connectivity index (χ3n) is 2.92. The smallest absolute Gasteiger partial charge is 0.423 e. The molecule has 2 aromatic carbocycles. The van der Waals surface area contributed by atoms with Crippen LogP contribution >= 0.6 is 15.9 Å². The molecule has 0 saturated heterocycles. The Hall–Kier alpha value is -1.14. The minimum atomic E-state index is -1.44. The highest BCUT2D eigenvalue weighted by atomic mass is 79.9. The monoisotopic (exact) mass is 320 g/mol. The van der Waals surface area contributed by atoms with Gasteiger partial charge in [0, 0.05) is 11.6 Å². The van der Waals surface area contributed by atoms with E-state index in [9.17, 15) is 0 Å². The predicted molar refractivity (Wildman–Crippen MR) is 79.3 cm³/mol. The van der Waals surface area contributed by atoms with E-state index in [-0.39, 0.29) is 6.10 Å². The Bertz CT molecular complexity index is 543. The van der Waals surface area contributed by atoms with E-state index < -0.39 is 7.12 Å². The summed E-state index contributed by atoms with van der Waals surface area (Å²) in [5, 5.41) is 18.2. The molecule has 0 aliphatic rings. The molecule has 0 aliphatic heterocycles. The topological polar surface area (TPSA) is 49.7 Å². The van der Waals surface area contributed by atoms with Gasteiger partial charge in [0.15, 0.2) is 0 Å². The van der Waals surface area contributed by atoms with E-state index in [4.69, 9.17) is 14.8 Å². The second-order valence-electron chi connectivity index (χ2n) is 4.21. The first-order valence-corrected chi connectivity index (χ1v) is 6.65. The molecule has 0 spiro atoms. The molecule has 1 atom stereocenters. The fourth-order valence-corrected chi connectivity index (χ4v) is 2.39. The number of hydrogen-bond acceptors (Lipinski definition) is 3. The molecule has 19 heavy (non-hydrogen) atoms. The lowest BCUT2D eigenvalue weighted by Crippen LogP contribution is -2.29. The van der Waals surface area contributed by atoms with Crippen molar-refractivity contribution < 1.29 is 14.8 Å². The van der Waals surface area contributed by atoms with Gasteiger partial charge in [0.25, 0.3) is 0 Å². The summed E-state index contributed by atoms with van der Waals surface area (Å²) < 4.78 is 6.53. The van der Waals surface area contributed by atoms with E-state index in [2.05, 4.69) is 15.9 Å². The van der Waals surface area contributed by atoms with Crippen molar-refractivity contribution >= 4 is 28.5 Å². The highest BCUT2D eigenvalue weighted by molar-refractivity contribution is 9.10. The Morgan fingerprint density at radius 1 is 1.05 bits per heavy atom. The van der Waals surface area contributed by atoms with E-state index in [0.29, 0.717) is 5.46 Å². The van der Waals surface area contributed by atoms with Gasteiger partial charge in [-0.2, -0.15) is 0 Å². The molecular weight excluding hydrogens is 307 g/mol. The second kappa shape index (κ2) is 6.35. The number of methoxy groups -OCH3 is 1. The fourth-order valence-electron chi connectivity index (χ4n) is 1.98. The Kier molecular flexibility index (Phi) is 4.77. The van der Waals surface area contributed by atoms with Crippen LogP contribution in [-0.2, 0) is 4.74 Å². The van der Waals surface area contributed by atoms with E-state index in [1.54, 1.807) is 19.2 Å². The molecule has 0 bridgehead atoms. The van der Waals surface area contributed by atoms with Gasteiger partial charge in [-0.3, -0.25) is 0 Å². The Morgan fingerprint density at radius 2 is 1.74 bits per heavy atom. The Morgan fingerprint density at radius 3 is 2.26 bits per heavy atom. The minimum Gasteiger partial charge on any atom is -0.423 e. The van der Waals surface area contributed by atoms with Gasteiger partial charge in [-0.25, -0.2) is 0 Å². The summed E-state index contributed by atoms with van der Waals surface area (Å²) in [5.74, 6) is 0. The van der Waals surface area contributed by atoms with E-state index in [0.717, 1.165) is 15.6 Å². The summed E-state index contributed by atoms with van der Waals surface area (Å²) in [7, 11) is 0.210. The van der Waals surface area contributed by atoms with Crippen LogP contribution < -0.4 is 5.46 Å². The third-order valence-corrected chi connectivity index (χ3v) is 3.42. The average Bonchev–Trinajstić information content (AvgIpc) is 2.40. The SMILES string of the molecule is COC(c1ccc(B(O)O)cc1)c1cccc(Br)c1. The van der Waals surface area contributed by atoms with Crippen LogP contribution in [0.4, 0.5) is 0 Å². The van der Waals surface area contributed by atoms with Crippen molar-refractivity contribution in [3.8, 4) is 0 Å². The predicted octanol–water partition coefficient (Wildman–Crippen LogP) is 1.86. The van der Waals surface area contributed by atoms with Gasteiger partial charge in [0.1, 0.15) is 6.10 Å². The maximum atomic E-state index is 9.08. The number of benzene rings is 2. The van der Waals surface area contributed by atoms with E-state index >= 15 is 0 Å². The lowest BCUT2D eigenvalue weighted by Gasteiger charge is -2.17. The number of ether oxygens (including phenoxy) is 1.